The fraction of sp³-hybridized carbons (Fsp3) is 0.143. The van der Waals surface area contributed by atoms with Gasteiger partial charge in [-0.25, -0.2) is 0 Å². The Morgan fingerprint density at radius 3 is 2.82 bits per heavy atom. The average molecular weight is 389 g/mol. The number of aryl methyl sites for hydroxylation is 1. The number of carbonyl (C=O) groups is 1. The highest BCUT2D eigenvalue weighted by Gasteiger charge is 2.13. The van der Waals surface area contributed by atoms with Crippen LogP contribution in [0.2, 0.25) is 0 Å². The lowest BCUT2D eigenvalue weighted by molar-refractivity contribution is 0.102. The fourth-order valence-corrected chi connectivity index (χ4v) is 3.78. The number of aromatic nitrogens is 4. The molecular formula is C21H19N5OS. The van der Waals surface area contributed by atoms with Crippen molar-refractivity contribution >= 4 is 34.3 Å². The van der Waals surface area contributed by atoms with Gasteiger partial charge in [0.2, 0.25) is 0 Å². The molecule has 2 aromatic heterocycles. The predicted octanol–water partition coefficient (Wildman–Crippen LogP) is 4.47. The zero-order valence-corrected chi connectivity index (χ0v) is 16.4. The molecule has 1 amide bonds. The smallest absolute Gasteiger partial charge is 0.257 e. The monoisotopic (exact) mass is 389 g/mol. The van der Waals surface area contributed by atoms with Gasteiger partial charge in [-0.3, -0.25) is 9.78 Å². The van der Waals surface area contributed by atoms with Gasteiger partial charge in [-0.2, -0.15) is 0 Å². The number of carbonyl (C=O) groups excluding carboxylic acids is 1. The van der Waals surface area contributed by atoms with Crippen molar-refractivity contribution in [2.24, 2.45) is 7.05 Å². The molecule has 2 heterocycles. The Morgan fingerprint density at radius 2 is 2.00 bits per heavy atom. The number of thioether (sulfide) groups is 1. The van der Waals surface area contributed by atoms with E-state index in [1.165, 1.54) is 0 Å². The molecule has 0 aliphatic carbocycles. The van der Waals surface area contributed by atoms with Crippen LogP contribution in [0.25, 0.3) is 10.9 Å². The Bertz CT molecular complexity index is 1140. The molecule has 0 saturated carbocycles. The molecule has 6 nitrogen and oxygen atoms in total. The summed E-state index contributed by atoms with van der Waals surface area (Å²) in [4.78, 5) is 17.0. The number of pyridine rings is 1. The summed E-state index contributed by atoms with van der Waals surface area (Å²) >= 11 is 1.62. The third kappa shape index (κ3) is 3.89. The minimum absolute atomic E-state index is 0.169. The minimum atomic E-state index is -0.177. The van der Waals surface area contributed by atoms with Gasteiger partial charge in [-0.05, 0) is 36.8 Å². The zero-order valence-electron chi connectivity index (χ0n) is 15.5. The van der Waals surface area contributed by atoms with Crippen LogP contribution in [-0.4, -0.2) is 25.7 Å². The molecule has 0 bridgehead atoms. The van der Waals surface area contributed by atoms with Gasteiger partial charge >= 0.3 is 0 Å². The van der Waals surface area contributed by atoms with Crippen LogP contribution >= 0.6 is 11.8 Å². The molecule has 1 atom stereocenters. The zero-order chi connectivity index (χ0) is 19.5. The Kier molecular flexibility index (Phi) is 5.08. The van der Waals surface area contributed by atoms with Crippen molar-refractivity contribution in [3.8, 4) is 0 Å². The van der Waals surface area contributed by atoms with Crippen LogP contribution in [0, 0.1) is 0 Å². The Hall–Kier alpha value is -3.19. The van der Waals surface area contributed by atoms with E-state index in [0.717, 1.165) is 27.3 Å². The minimum Gasteiger partial charge on any atom is -0.322 e. The van der Waals surface area contributed by atoms with Gasteiger partial charge in [0.1, 0.15) is 6.33 Å². The maximum absolute atomic E-state index is 12.7. The summed E-state index contributed by atoms with van der Waals surface area (Å²) in [5, 5.41) is 13.0. The van der Waals surface area contributed by atoms with Crippen molar-refractivity contribution in [3.05, 3.63) is 78.2 Å². The molecule has 0 aliphatic rings. The highest BCUT2D eigenvalue weighted by molar-refractivity contribution is 7.99. The van der Waals surface area contributed by atoms with Gasteiger partial charge in [-0.15, -0.1) is 10.2 Å². The maximum Gasteiger partial charge on any atom is 0.257 e. The van der Waals surface area contributed by atoms with Gasteiger partial charge in [0.25, 0.3) is 5.91 Å². The predicted molar refractivity (Wildman–Crippen MR) is 111 cm³/mol. The normalized spacial score (nSPS) is 12.1. The van der Waals surface area contributed by atoms with Gasteiger partial charge in [0, 0.05) is 29.6 Å². The third-order valence-electron chi connectivity index (χ3n) is 4.42. The summed E-state index contributed by atoms with van der Waals surface area (Å²) in [5.41, 5.74) is 3.25. The number of hydrogen-bond donors (Lipinski definition) is 1. The first-order chi connectivity index (χ1) is 13.6. The first kappa shape index (κ1) is 18.2. The number of fused-ring (bicyclic) bond motifs is 1. The standard InChI is InChI=1S/C21H19N5OS/c1-14(28-21-25-23-13-26(21)2)15-7-5-8-18(11-15)24-20(27)17-10-16-6-3-4-9-19(16)22-12-17/h3-14H,1-2H3,(H,24,27)/t14-/m0/s1. The molecule has 0 unspecified atom stereocenters. The number of rotatable bonds is 5. The topological polar surface area (TPSA) is 72.7 Å². The second kappa shape index (κ2) is 7.82. The molecule has 0 spiro atoms. The average Bonchev–Trinajstić information content (AvgIpc) is 3.12. The van der Waals surface area contributed by atoms with Crippen LogP contribution in [0.3, 0.4) is 0 Å². The lowest BCUT2D eigenvalue weighted by Gasteiger charge is -2.13. The van der Waals surface area contributed by atoms with E-state index in [2.05, 4.69) is 27.4 Å². The van der Waals surface area contributed by atoms with Gasteiger partial charge < -0.3 is 9.88 Å². The van der Waals surface area contributed by atoms with Crippen LogP contribution < -0.4 is 5.32 Å². The number of nitrogens with zero attached hydrogens (tertiary/aromatic N) is 4. The second-order valence-electron chi connectivity index (χ2n) is 6.48. The van der Waals surface area contributed by atoms with Gasteiger partial charge in [0.15, 0.2) is 5.16 Å². The van der Waals surface area contributed by atoms with Crippen molar-refractivity contribution in [1.29, 1.82) is 0 Å². The molecule has 0 saturated heterocycles. The van der Waals surface area contributed by atoms with E-state index >= 15 is 0 Å². The number of benzene rings is 2. The van der Waals surface area contributed by atoms with Crippen LogP contribution in [0.5, 0.6) is 0 Å². The summed E-state index contributed by atoms with van der Waals surface area (Å²) in [6.07, 6.45) is 3.29. The number of anilines is 1. The second-order valence-corrected chi connectivity index (χ2v) is 7.79. The van der Waals surface area contributed by atoms with Crippen LogP contribution in [0.1, 0.15) is 28.1 Å². The summed E-state index contributed by atoms with van der Waals surface area (Å²) in [5.74, 6) is -0.177. The Labute approximate surface area is 167 Å². The van der Waals surface area contributed by atoms with Crippen molar-refractivity contribution in [3.63, 3.8) is 0 Å². The molecule has 4 rings (SSSR count). The first-order valence-corrected chi connectivity index (χ1v) is 9.75. The van der Waals surface area contributed by atoms with E-state index in [0.29, 0.717) is 5.56 Å². The lowest BCUT2D eigenvalue weighted by Crippen LogP contribution is -2.12. The molecule has 140 valence electrons. The number of para-hydroxylation sites is 1. The maximum atomic E-state index is 12.7. The highest BCUT2D eigenvalue weighted by Crippen LogP contribution is 2.34. The van der Waals surface area contributed by atoms with Crippen LogP contribution in [0.4, 0.5) is 5.69 Å². The van der Waals surface area contributed by atoms with E-state index in [4.69, 9.17) is 0 Å². The molecule has 28 heavy (non-hydrogen) atoms. The first-order valence-electron chi connectivity index (χ1n) is 8.87. The summed E-state index contributed by atoms with van der Waals surface area (Å²) in [6.45, 7) is 2.10. The van der Waals surface area contributed by atoms with Crippen molar-refractivity contribution in [2.45, 2.75) is 17.3 Å². The van der Waals surface area contributed by atoms with Gasteiger partial charge in [0.05, 0.1) is 11.1 Å². The largest absolute Gasteiger partial charge is 0.322 e. The van der Waals surface area contributed by atoms with Gasteiger partial charge in [-0.1, -0.05) is 42.1 Å². The molecule has 1 N–H and O–H groups in total. The van der Waals surface area contributed by atoms with E-state index in [1.54, 1.807) is 24.3 Å². The Morgan fingerprint density at radius 1 is 1.14 bits per heavy atom. The summed E-state index contributed by atoms with van der Waals surface area (Å²) in [6, 6.07) is 17.5. The Balaban J connectivity index is 1.50. The molecule has 7 heteroatoms. The quantitative estimate of drug-likeness (QED) is 0.510. The van der Waals surface area contributed by atoms with E-state index in [9.17, 15) is 4.79 Å². The van der Waals surface area contributed by atoms with Crippen LogP contribution in [-0.2, 0) is 7.05 Å². The van der Waals surface area contributed by atoms with E-state index in [1.807, 2.05) is 66.2 Å². The molecular weight excluding hydrogens is 370 g/mol. The number of hydrogen-bond acceptors (Lipinski definition) is 5. The molecule has 2 aromatic carbocycles. The molecule has 0 aliphatic heterocycles. The highest BCUT2D eigenvalue weighted by atomic mass is 32.2. The fourth-order valence-electron chi connectivity index (χ4n) is 2.87. The molecule has 0 fully saturated rings. The van der Waals surface area contributed by atoms with E-state index in [-0.39, 0.29) is 11.2 Å². The third-order valence-corrected chi connectivity index (χ3v) is 5.62. The van der Waals surface area contributed by atoms with E-state index < -0.39 is 0 Å². The van der Waals surface area contributed by atoms with Crippen LogP contribution in [0.15, 0.2) is 72.3 Å². The number of amides is 1. The number of nitrogens with one attached hydrogen (secondary N) is 1. The van der Waals surface area contributed by atoms with Crippen molar-refractivity contribution in [1.82, 2.24) is 19.7 Å². The summed E-state index contributed by atoms with van der Waals surface area (Å²) < 4.78 is 1.89. The van der Waals surface area contributed by atoms with Crippen molar-refractivity contribution in [2.75, 3.05) is 5.32 Å². The molecule has 4 aromatic rings. The lowest BCUT2D eigenvalue weighted by atomic mass is 10.1. The SMILES string of the molecule is C[C@H](Sc1nncn1C)c1cccc(NC(=O)c2cnc3ccccc3c2)c1. The summed E-state index contributed by atoms with van der Waals surface area (Å²) in [7, 11) is 1.92. The molecule has 0 radical (unpaired) electrons. The van der Waals surface area contributed by atoms with Crippen molar-refractivity contribution < 1.29 is 4.79 Å².